The minimum absolute atomic E-state index is 0.156. The first-order valence-electron chi connectivity index (χ1n) is 4.35. The Kier molecular flexibility index (Phi) is 2.02. The van der Waals surface area contributed by atoms with Gasteiger partial charge in [0.1, 0.15) is 5.65 Å². The van der Waals surface area contributed by atoms with Gasteiger partial charge in [-0.2, -0.15) is 0 Å². The highest BCUT2D eigenvalue weighted by Gasteiger charge is 1.99. The number of pyridine rings is 1. The number of aromatic nitrogens is 2. The summed E-state index contributed by atoms with van der Waals surface area (Å²) in [7, 11) is 0. The molecule has 0 radical (unpaired) electrons. The Hall–Kier alpha value is -1.35. The maximum absolute atomic E-state index is 8.75. The molecule has 0 aliphatic rings. The molecule has 0 aromatic carbocycles. The molecule has 2 aromatic heterocycles. The molecule has 0 saturated heterocycles. The number of aliphatic hydroxyl groups is 1. The van der Waals surface area contributed by atoms with Gasteiger partial charge in [-0.25, -0.2) is 4.98 Å². The maximum Gasteiger partial charge on any atom is 0.136 e. The van der Waals surface area contributed by atoms with Crippen LogP contribution in [-0.4, -0.2) is 21.1 Å². The van der Waals surface area contributed by atoms with E-state index in [1.54, 1.807) is 0 Å². The average Bonchev–Trinajstić information content (AvgIpc) is 2.46. The highest BCUT2D eigenvalue weighted by atomic mass is 16.3. The Balaban J connectivity index is 2.49. The highest BCUT2D eigenvalue weighted by Crippen LogP contribution is 2.07. The van der Waals surface area contributed by atoms with Crippen molar-refractivity contribution in [3.63, 3.8) is 0 Å². The first kappa shape index (κ1) is 8.26. The van der Waals surface area contributed by atoms with E-state index in [0.29, 0.717) is 6.42 Å². The number of imidazole rings is 1. The standard InChI is InChI=1S/C10H12N2O/c1-8-2-3-10-11-9(4-5-13)7-12(10)6-8/h2-3,6-7,13H,4-5H2,1H3. The van der Waals surface area contributed by atoms with Crippen molar-refractivity contribution in [2.45, 2.75) is 13.3 Å². The monoisotopic (exact) mass is 176 g/mol. The van der Waals surface area contributed by atoms with E-state index in [-0.39, 0.29) is 6.61 Å². The molecule has 0 aliphatic heterocycles. The van der Waals surface area contributed by atoms with Gasteiger partial charge in [-0.05, 0) is 18.6 Å². The number of fused-ring (bicyclic) bond motifs is 1. The van der Waals surface area contributed by atoms with Crippen LogP contribution in [0.4, 0.5) is 0 Å². The van der Waals surface area contributed by atoms with Crippen molar-refractivity contribution >= 4 is 5.65 Å². The zero-order valence-electron chi connectivity index (χ0n) is 7.57. The van der Waals surface area contributed by atoms with Crippen molar-refractivity contribution in [3.8, 4) is 0 Å². The van der Waals surface area contributed by atoms with Gasteiger partial charge in [0.05, 0.1) is 5.69 Å². The van der Waals surface area contributed by atoms with Crippen molar-refractivity contribution in [2.75, 3.05) is 6.61 Å². The van der Waals surface area contributed by atoms with Crippen LogP contribution in [0, 0.1) is 6.92 Å². The molecule has 0 fully saturated rings. The lowest BCUT2D eigenvalue weighted by atomic mass is 10.3. The number of nitrogens with zero attached hydrogens (tertiary/aromatic N) is 2. The molecule has 68 valence electrons. The Morgan fingerprint density at radius 1 is 1.38 bits per heavy atom. The van der Waals surface area contributed by atoms with Gasteiger partial charge >= 0.3 is 0 Å². The van der Waals surface area contributed by atoms with Gasteiger partial charge in [-0.15, -0.1) is 0 Å². The fourth-order valence-corrected chi connectivity index (χ4v) is 1.39. The molecule has 1 N–H and O–H groups in total. The average molecular weight is 176 g/mol. The van der Waals surface area contributed by atoms with E-state index in [9.17, 15) is 0 Å². The largest absolute Gasteiger partial charge is 0.396 e. The number of rotatable bonds is 2. The van der Waals surface area contributed by atoms with E-state index in [4.69, 9.17) is 5.11 Å². The summed E-state index contributed by atoms with van der Waals surface area (Å²) in [5, 5.41) is 8.75. The molecule has 0 aliphatic carbocycles. The summed E-state index contributed by atoms with van der Waals surface area (Å²) in [6.45, 7) is 2.20. The van der Waals surface area contributed by atoms with Crippen molar-refractivity contribution in [2.24, 2.45) is 0 Å². The number of hydrogen-bond donors (Lipinski definition) is 1. The van der Waals surface area contributed by atoms with E-state index >= 15 is 0 Å². The van der Waals surface area contributed by atoms with Gasteiger partial charge in [0.25, 0.3) is 0 Å². The van der Waals surface area contributed by atoms with Crippen LogP contribution in [0.5, 0.6) is 0 Å². The Morgan fingerprint density at radius 3 is 3.00 bits per heavy atom. The highest BCUT2D eigenvalue weighted by molar-refractivity contribution is 5.41. The molecule has 0 bridgehead atoms. The summed E-state index contributed by atoms with van der Waals surface area (Å²) in [6, 6.07) is 4.02. The quantitative estimate of drug-likeness (QED) is 0.746. The van der Waals surface area contributed by atoms with Crippen LogP contribution < -0.4 is 0 Å². The minimum Gasteiger partial charge on any atom is -0.396 e. The first-order chi connectivity index (χ1) is 6.29. The molecular weight excluding hydrogens is 164 g/mol. The van der Waals surface area contributed by atoms with Gasteiger partial charge in [0.2, 0.25) is 0 Å². The Labute approximate surface area is 76.7 Å². The third kappa shape index (κ3) is 1.55. The van der Waals surface area contributed by atoms with Crippen molar-refractivity contribution < 1.29 is 5.11 Å². The normalized spacial score (nSPS) is 10.9. The number of aliphatic hydroxyl groups excluding tert-OH is 1. The van der Waals surface area contributed by atoms with Gasteiger partial charge in [-0.3, -0.25) is 0 Å². The van der Waals surface area contributed by atoms with Gasteiger partial charge < -0.3 is 9.51 Å². The smallest absolute Gasteiger partial charge is 0.136 e. The fraction of sp³-hybridized carbons (Fsp3) is 0.300. The van der Waals surface area contributed by atoms with Crippen LogP contribution in [0.2, 0.25) is 0 Å². The maximum atomic E-state index is 8.75. The lowest BCUT2D eigenvalue weighted by Gasteiger charge is -1.93. The molecule has 0 atom stereocenters. The SMILES string of the molecule is Cc1ccc2nc(CCO)cn2c1. The van der Waals surface area contributed by atoms with Crippen LogP contribution in [0.25, 0.3) is 5.65 Å². The van der Waals surface area contributed by atoms with Crippen LogP contribution in [0.1, 0.15) is 11.3 Å². The minimum atomic E-state index is 0.156. The molecule has 3 nitrogen and oxygen atoms in total. The van der Waals surface area contributed by atoms with E-state index in [0.717, 1.165) is 11.3 Å². The zero-order valence-corrected chi connectivity index (χ0v) is 7.57. The summed E-state index contributed by atoms with van der Waals surface area (Å²) in [6.07, 6.45) is 4.61. The molecule has 0 saturated carbocycles. The van der Waals surface area contributed by atoms with Gasteiger partial charge in [-0.1, -0.05) is 6.07 Å². The molecule has 0 spiro atoms. The molecule has 3 heteroatoms. The molecule has 13 heavy (non-hydrogen) atoms. The number of aryl methyl sites for hydroxylation is 1. The van der Waals surface area contributed by atoms with E-state index < -0.39 is 0 Å². The Bertz CT molecular complexity index is 420. The van der Waals surface area contributed by atoms with E-state index in [1.165, 1.54) is 5.56 Å². The molecule has 0 amide bonds. The summed E-state index contributed by atoms with van der Waals surface area (Å²) < 4.78 is 1.99. The van der Waals surface area contributed by atoms with Crippen LogP contribution in [-0.2, 0) is 6.42 Å². The zero-order chi connectivity index (χ0) is 9.26. The van der Waals surface area contributed by atoms with Crippen LogP contribution >= 0.6 is 0 Å². The predicted molar refractivity (Wildman–Crippen MR) is 50.7 cm³/mol. The lowest BCUT2D eigenvalue weighted by molar-refractivity contribution is 0.298. The van der Waals surface area contributed by atoms with Gasteiger partial charge in [0.15, 0.2) is 0 Å². The third-order valence-corrected chi connectivity index (χ3v) is 2.02. The van der Waals surface area contributed by atoms with Crippen molar-refractivity contribution in [1.82, 2.24) is 9.38 Å². The summed E-state index contributed by atoms with van der Waals surface area (Å²) in [5.41, 5.74) is 3.09. The van der Waals surface area contributed by atoms with Crippen LogP contribution in [0.3, 0.4) is 0 Å². The van der Waals surface area contributed by atoms with Crippen LogP contribution in [0.15, 0.2) is 24.5 Å². The summed E-state index contributed by atoms with van der Waals surface area (Å²) in [4.78, 5) is 4.35. The van der Waals surface area contributed by atoms with Gasteiger partial charge in [0, 0.05) is 25.4 Å². The predicted octanol–water partition coefficient (Wildman–Crippen LogP) is 1.18. The van der Waals surface area contributed by atoms with E-state index in [2.05, 4.69) is 4.98 Å². The second kappa shape index (κ2) is 3.18. The summed E-state index contributed by atoms with van der Waals surface area (Å²) >= 11 is 0. The van der Waals surface area contributed by atoms with Crippen molar-refractivity contribution in [3.05, 3.63) is 35.8 Å². The number of hydrogen-bond acceptors (Lipinski definition) is 2. The molecule has 2 rings (SSSR count). The van der Waals surface area contributed by atoms with E-state index in [1.807, 2.05) is 35.9 Å². The fourth-order valence-electron chi connectivity index (χ4n) is 1.39. The summed E-state index contributed by atoms with van der Waals surface area (Å²) in [5.74, 6) is 0. The molecule has 2 heterocycles. The Morgan fingerprint density at radius 2 is 2.23 bits per heavy atom. The molecule has 0 unspecified atom stereocenters. The first-order valence-corrected chi connectivity index (χ1v) is 4.35. The second-order valence-corrected chi connectivity index (χ2v) is 3.18. The topological polar surface area (TPSA) is 37.5 Å². The second-order valence-electron chi connectivity index (χ2n) is 3.18. The molecular formula is C10H12N2O. The molecule has 2 aromatic rings. The lowest BCUT2D eigenvalue weighted by Crippen LogP contribution is -1.89. The third-order valence-electron chi connectivity index (χ3n) is 2.02. The van der Waals surface area contributed by atoms with Crippen molar-refractivity contribution in [1.29, 1.82) is 0 Å².